The first kappa shape index (κ1) is 29.4. The summed E-state index contributed by atoms with van der Waals surface area (Å²) in [5, 5.41) is 11.0. The third-order valence-electron chi connectivity index (χ3n) is 12.8. The largest absolute Gasteiger partial charge is 0.458 e. The van der Waals surface area contributed by atoms with E-state index in [-0.39, 0.29) is 33.7 Å². The van der Waals surface area contributed by atoms with Gasteiger partial charge < -0.3 is 4.74 Å². The van der Waals surface area contributed by atoms with E-state index in [4.69, 9.17) is 4.74 Å². The van der Waals surface area contributed by atoms with E-state index in [0.29, 0.717) is 23.3 Å². The van der Waals surface area contributed by atoms with Crippen LogP contribution in [-0.2, 0) is 4.74 Å². The Morgan fingerprint density at radius 1 is 0.950 bits per heavy atom. The molecule has 5 rings (SSSR count). The molecule has 218 valence electrons. The van der Waals surface area contributed by atoms with Crippen molar-refractivity contribution < 1.29 is 9.53 Å². The molecule has 4 aliphatic carbocycles. The minimum atomic E-state index is -0.299. The van der Waals surface area contributed by atoms with Gasteiger partial charge in [0.25, 0.3) is 0 Å². The van der Waals surface area contributed by atoms with Crippen LogP contribution in [0.4, 0.5) is 0 Å². The van der Waals surface area contributed by atoms with Crippen molar-refractivity contribution in [3.8, 4) is 6.07 Å². The summed E-state index contributed by atoms with van der Waals surface area (Å²) >= 11 is 0. The van der Waals surface area contributed by atoms with E-state index in [0.717, 1.165) is 50.9 Å². The molecule has 7 atom stereocenters. The van der Waals surface area contributed by atoms with Gasteiger partial charge in [-0.05, 0) is 104 Å². The number of nitrogens with zero attached hydrogens (tertiary/aromatic N) is 1. The van der Waals surface area contributed by atoms with Crippen molar-refractivity contribution in [2.45, 2.75) is 125 Å². The molecule has 3 nitrogen and oxygen atoms in total. The van der Waals surface area contributed by atoms with E-state index in [9.17, 15) is 10.1 Å². The second-order valence-corrected chi connectivity index (χ2v) is 15.5. The van der Waals surface area contributed by atoms with Crippen LogP contribution in [0, 0.1) is 56.7 Å². The number of nitriles is 1. The van der Waals surface area contributed by atoms with E-state index in [1.165, 1.54) is 31.3 Å². The monoisotopic (exact) mass is 543 g/mol. The fourth-order valence-electron chi connectivity index (χ4n) is 10.5. The van der Waals surface area contributed by atoms with Crippen molar-refractivity contribution in [1.82, 2.24) is 0 Å². The minimum Gasteiger partial charge on any atom is -0.458 e. The van der Waals surface area contributed by atoms with Gasteiger partial charge in [-0.1, -0.05) is 91.5 Å². The van der Waals surface area contributed by atoms with Crippen LogP contribution in [0.2, 0.25) is 0 Å². The molecule has 0 heterocycles. The molecule has 0 aromatic heterocycles. The number of carbonyl (C=O) groups is 1. The van der Waals surface area contributed by atoms with E-state index < -0.39 is 0 Å². The first-order chi connectivity index (χ1) is 18.9. The zero-order valence-corrected chi connectivity index (χ0v) is 26.3. The number of benzene rings is 1. The summed E-state index contributed by atoms with van der Waals surface area (Å²) in [5.41, 5.74) is 3.55. The molecule has 3 heteroatoms. The molecule has 1 aromatic carbocycles. The molecule has 40 heavy (non-hydrogen) atoms. The third-order valence-corrected chi connectivity index (χ3v) is 12.8. The number of hydrogen-bond donors (Lipinski definition) is 0. The topological polar surface area (TPSA) is 50.1 Å². The fraction of sp³-hybridized carbons (Fsp3) is 0.730. The van der Waals surface area contributed by atoms with Crippen molar-refractivity contribution in [1.29, 1.82) is 5.26 Å². The van der Waals surface area contributed by atoms with Gasteiger partial charge in [0.1, 0.15) is 6.10 Å². The lowest BCUT2D eigenvalue weighted by Gasteiger charge is -2.61. The molecule has 2 saturated carbocycles. The van der Waals surface area contributed by atoms with Crippen LogP contribution in [0.15, 0.2) is 41.5 Å². The predicted molar refractivity (Wildman–Crippen MR) is 162 cm³/mol. The molecule has 0 amide bonds. The number of carbonyl (C=O) groups excluding carboxylic acids is 1. The summed E-state index contributed by atoms with van der Waals surface area (Å²) in [4.78, 5) is 13.0. The van der Waals surface area contributed by atoms with Crippen molar-refractivity contribution in [2.75, 3.05) is 0 Å². The Hall–Kier alpha value is -2.08. The molecule has 1 aromatic rings. The number of ether oxygens (including phenoxy) is 1. The lowest BCUT2D eigenvalue weighted by molar-refractivity contribution is -0.103. The average Bonchev–Trinajstić information content (AvgIpc) is 3.24. The van der Waals surface area contributed by atoms with E-state index in [1.54, 1.807) is 5.57 Å². The van der Waals surface area contributed by atoms with Crippen LogP contribution in [0.5, 0.6) is 0 Å². The van der Waals surface area contributed by atoms with Crippen LogP contribution < -0.4 is 0 Å². The smallest absolute Gasteiger partial charge is 0.338 e. The summed E-state index contributed by atoms with van der Waals surface area (Å²) in [5.74, 6) is 2.34. The van der Waals surface area contributed by atoms with E-state index in [2.05, 4.69) is 54.5 Å². The van der Waals surface area contributed by atoms with Crippen LogP contribution in [0.1, 0.15) is 129 Å². The maximum atomic E-state index is 13.0. The SMILES string of the molecule is CC(C)CCC[C@@H](C)[C@H]1CC[C@@]2(C#N)C3=C(CC[C@]12C)[C@@]1(C)CC[C@H](OC(=O)c2ccccc2)C(C)(C)[C@@H]1CC3. The Bertz CT molecular complexity index is 1170. The van der Waals surface area contributed by atoms with Crippen LogP contribution in [0.3, 0.4) is 0 Å². The number of esters is 1. The zero-order chi connectivity index (χ0) is 28.9. The second-order valence-electron chi connectivity index (χ2n) is 15.5. The number of hydrogen-bond acceptors (Lipinski definition) is 3. The Kier molecular flexibility index (Phi) is 7.82. The van der Waals surface area contributed by atoms with Gasteiger partial charge >= 0.3 is 5.97 Å². The second kappa shape index (κ2) is 10.6. The van der Waals surface area contributed by atoms with Crippen LogP contribution >= 0.6 is 0 Å². The molecule has 4 aliphatic rings. The van der Waals surface area contributed by atoms with Gasteiger partial charge in [-0.3, -0.25) is 0 Å². The summed E-state index contributed by atoms with van der Waals surface area (Å²) in [6.45, 7) is 16.8. The van der Waals surface area contributed by atoms with Crippen molar-refractivity contribution in [3.63, 3.8) is 0 Å². The van der Waals surface area contributed by atoms with E-state index in [1.807, 2.05) is 30.3 Å². The molecule has 0 aliphatic heterocycles. The number of allylic oxidation sites excluding steroid dienone is 2. The lowest BCUT2D eigenvalue weighted by Crippen LogP contribution is -2.56. The van der Waals surface area contributed by atoms with Gasteiger partial charge in [0, 0.05) is 5.41 Å². The normalized spacial score (nSPS) is 37.2. The summed E-state index contributed by atoms with van der Waals surface area (Å²) < 4.78 is 6.23. The third kappa shape index (κ3) is 4.48. The Labute approximate surface area is 244 Å². The average molecular weight is 544 g/mol. The van der Waals surface area contributed by atoms with E-state index >= 15 is 0 Å². The summed E-state index contributed by atoms with van der Waals surface area (Å²) in [7, 11) is 0. The molecule has 0 bridgehead atoms. The quantitative estimate of drug-likeness (QED) is 0.254. The summed E-state index contributed by atoms with van der Waals surface area (Å²) in [6.07, 6.45) is 12.4. The minimum absolute atomic E-state index is 0.0817. The Morgan fingerprint density at radius 3 is 2.35 bits per heavy atom. The van der Waals surface area contributed by atoms with Crippen molar-refractivity contribution >= 4 is 5.97 Å². The maximum absolute atomic E-state index is 13.0. The Balaban J connectivity index is 1.41. The summed E-state index contributed by atoms with van der Waals surface area (Å²) in [6, 6.07) is 12.5. The van der Waals surface area contributed by atoms with Crippen LogP contribution in [-0.4, -0.2) is 12.1 Å². The molecule has 0 N–H and O–H groups in total. The molecule has 2 fully saturated rings. The van der Waals surface area contributed by atoms with Gasteiger partial charge in [0.15, 0.2) is 0 Å². The number of fused-ring (bicyclic) bond motifs is 4. The van der Waals surface area contributed by atoms with Crippen LogP contribution in [0.25, 0.3) is 0 Å². The molecular formula is C37H53NO2. The molecule has 0 spiro atoms. The first-order valence-electron chi connectivity index (χ1n) is 16.3. The van der Waals surface area contributed by atoms with Gasteiger partial charge in [0.05, 0.1) is 17.0 Å². The predicted octanol–water partition coefficient (Wildman–Crippen LogP) is 9.93. The molecule has 0 radical (unpaired) electrons. The highest BCUT2D eigenvalue weighted by Crippen LogP contribution is 2.72. The molecule has 0 saturated heterocycles. The highest BCUT2D eigenvalue weighted by molar-refractivity contribution is 5.89. The zero-order valence-electron chi connectivity index (χ0n) is 26.3. The van der Waals surface area contributed by atoms with Crippen molar-refractivity contribution in [3.05, 3.63) is 47.0 Å². The first-order valence-corrected chi connectivity index (χ1v) is 16.3. The Morgan fingerprint density at radius 2 is 1.68 bits per heavy atom. The van der Waals surface area contributed by atoms with Gasteiger partial charge in [-0.2, -0.15) is 5.26 Å². The maximum Gasteiger partial charge on any atom is 0.338 e. The molecule has 0 unspecified atom stereocenters. The highest BCUT2D eigenvalue weighted by Gasteiger charge is 2.65. The van der Waals surface area contributed by atoms with Crippen molar-refractivity contribution in [2.24, 2.45) is 45.3 Å². The lowest BCUT2D eigenvalue weighted by atomic mass is 9.43. The van der Waals surface area contributed by atoms with Gasteiger partial charge in [0.2, 0.25) is 0 Å². The van der Waals surface area contributed by atoms with Gasteiger partial charge in [-0.15, -0.1) is 0 Å². The fourth-order valence-corrected chi connectivity index (χ4v) is 10.5. The highest BCUT2D eigenvalue weighted by atomic mass is 16.5. The van der Waals surface area contributed by atoms with Gasteiger partial charge in [-0.25, -0.2) is 4.79 Å². The molecular weight excluding hydrogens is 490 g/mol. The number of rotatable bonds is 7. The standard InChI is InChI=1S/C37H53NO2/c1-25(2)12-11-13-26(3)28-19-23-37(24-38)30-16-17-31-34(4,5)32(40-33(39)27-14-9-8-10-15-27)20-21-35(31,6)29(30)18-22-36(28,37)7/h8-10,14-15,25-26,28,31-32H,11-13,16-23H2,1-7H3/t26-,28-,31+,32+,35-,36-,37-/m1/s1.